The first-order valence-electron chi connectivity index (χ1n) is 6.30. The van der Waals surface area contributed by atoms with Crippen LogP contribution in [0.25, 0.3) is 0 Å². The molecule has 1 atom stereocenters. The maximum absolute atomic E-state index is 5.98. The number of hydrogen-bond donors (Lipinski definition) is 2. The quantitative estimate of drug-likeness (QED) is 0.807. The molecule has 4 N–H and O–H groups in total. The van der Waals surface area contributed by atoms with Gasteiger partial charge in [-0.25, -0.2) is 0 Å². The number of para-hydroxylation sites is 1. The number of anilines is 1. The molecule has 0 aromatic heterocycles. The number of rotatable bonds is 4. The van der Waals surface area contributed by atoms with Gasteiger partial charge in [0.25, 0.3) is 0 Å². The van der Waals surface area contributed by atoms with Crippen molar-refractivity contribution in [2.45, 2.75) is 19.3 Å². The predicted octanol–water partition coefficient (Wildman–Crippen LogP) is 2.86. The Kier molecular flexibility index (Phi) is 4.00. The minimum Gasteiger partial charge on any atom is -0.399 e. The van der Waals surface area contributed by atoms with Crippen LogP contribution in [0.4, 0.5) is 5.69 Å². The molecule has 2 nitrogen and oxygen atoms in total. The number of aryl methyl sites for hydroxylation is 1. The number of hydrogen-bond acceptors (Lipinski definition) is 2. The minimum atomic E-state index is 0.329. The van der Waals surface area contributed by atoms with Crippen molar-refractivity contribution in [3.05, 3.63) is 65.2 Å². The highest BCUT2D eigenvalue weighted by molar-refractivity contribution is 5.47. The van der Waals surface area contributed by atoms with Gasteiger partial charge in [0.2, 0.25) is 0 Å². The van der Waals surface area contributed by atoms with Gasteiger partial charge in [-0.3, -0.25) is 0 Å². The van der Waals surface area contributed by atoms with Crippen LogP contribution in [0.1, 0.15) is 22.6 Å². The van der Waals surface area contributed by atoms with Gasteiger partial charge in [-0.05, 0) is 37.1 Å². The molecule has 0 aliphatic heterocycles. The molecule has 94 valence electrons. The number of nitrogen functional groups attached to an aromatic ring is 1. The molecule has 0 fully saturated rings. The minimum absolute atomic E-state index is 0.329. The van der Waals surface area contributed by atoms with Crippen molar-refractivity contribution in [3.63, 3.8) is 0 Å². The molecule has 18 heavy (non-hydrogen) atoms. The Morgan fingerprint density at radius 2 is 1.67 bits per heavy atom. The molecule has 0 spiro atoms. The molecular weight excluding hydrogens is 220 g/mol. The Labute approximate surface area is 109 Å². The molecule has 0 bridgehead atoms. The Bertz CT molecular complexity index is 503. The van der Waals surface area contributed by atoms with E-state index in [4.69, 9.17) is 11.5 Å². The molecule has 0 aliphatic carbocycles. The lowest BCUT2D eigenvalue weighted by Gasteiger charge is -2.16. The lowest BCUT2D eigenvalue weighted by Crippen LogP contribution is -2.15. The third kappa shape index (κ3) is 2.90. The van der Waals surface area contributed by atoms with Crippen LogP contribution in [0.15, 0.2) is 48.5 Å². The highest BCUT2D eigenvalue weighted by Crippen LogP contribution is 2.23. The van der Waals surface area contributed by atoms with E-state index in [2.05, 4.69) is 37.3 Å². The molecule has 2 rings (SSSR count). The largest absolute Gasteiger partial charge is 0.399 e. The summed E-state index contributed by atoms with van der Waals surface area (Å²) < 4.78 is 0. The Morgan fingerprint density at radius 1 is 1.00 bits per heavy atom. The highest BCUT2D eigenvalue weighted by atomic mass is 14.6. The first-order valence-corrected chi connectivity index (χ1v) is 6.30. The van der Waals surface area contributed by atoms with E-state index in [1.807, 2.05) is 18.2 Å². The third-order valence-corrected chi connectivity index (χ3v) is 3.35. The first-order chi connectivity index (χ1) is 8.70. The monoisotopic (exact) mass is 240 g/mol. The Morgan fingerprint density at radius 3 is 2.28 bits per heavy atom. The molecule has 2 aromatic rings. The Hall–Kier alpha value is -1.80. The molecular formula is C16H20N2. The maximum atomic E-state index is 5.98. The van der Waals surface area contributed by atoms with Crippen LogP contribution in [-0.2, 0) is 6.42 Å². The van der Waals surface area contributed by atoms with Gasteiger partial charge in [-0.2, -0.15) is 0 Å². The Balaban J connectivity index is 2.20. The second-order valence-electron chi connectivity index (χ2n) is 4.75. The summed E-state index contributed by atoms with van der Waals surface area (Å²) in [5.74, 6) is 0.329. The fraction of sp³-hybridized carbons (Fsp3) is 0.250. The summed E-state index contributed by atoms with van der Waals surface area (Å²) in [5.41, 5.74) is 16.5. The van der Waals surface area contributed by atoms with E-state index >= 15 is 0 Å². The fourth-order valence-electron chi connectivity index (χ4n) is 2.16. The lowest BCUT2D eigenvalue weighted by molar-refractivity contribution is 0.695. The normalized spacial score (nSPS) is 12.3. The fourth-order valence-corrected chi connectivity index (χ4v) is 2.16. The van der Waals surface area contributed by atoms with Crippen molar-refractivity contribution >= 4 is 5.69 Å². The SMILES string of the molecule is Cc1ccc(C(CN)Cc2ccccc2N)cc1. The second-order valence-corrected chi connectivity index (χ2v) is 4.75. The standard InChI is InChI=1S/C16H20N2/c1-12-6-8-13(9-7-12)15(11-17)10-14-4-2-3-5-16(14)18/h2-9,15H,10-11,17-18H2,1H3. The van der Waals surface area contributed by atoms with Gasteiger partial charge in [0.1, 0.15) is 0 Å². The van der Waals surface area contributed by atoms with Gasteiger partial charge < -0.3 is 11.5 Å². The summed E-state index contributed by atoms with van der Waals surface area (Å²) in [4.78, 5) is 0. The molecule has 2 heteroatoms. The van der Waals surface area contributed by atoms with Crippen LogP contribution >= 0.6 is 0 Å². The van der Waals surface area contributed by atoms with Crippen LogP contribution in [0.3, 0.4) is 0 Å². The van der Waals surface area contributed by atoms with Gasteiger partial charge in [0, 0.05) is 11.6 Å². The van der Waals surface area contributed by atoms with Crippen molar-refractivity contribution < 1.29 is 0 Å². The van der Waals surface area contributed by atoms with Crippen LogP contribution in [0, 0.1) is 6.92 Å². The molecule has 1 unspecified atom stereocenters. The summed E-state index contributed by atoms with van der Waals surface area (Å²) in [7, 11) is 0. The number of benzene rings is 2. The molecule has 2 aromatic carbocycles. The first kappa shape index (κ1) is 12.7. The van der Waals surface area contributed by atoms with Gasteiger partial charge in [-0.15, -0.1) is 0 Å². The molecule has 0 saturated heterocycles. The smallest absolute Gasteiger partial charge is 0.0346 e. The van der Waals surface area contributed by atoms with Crippen LogP contribution in [0.5, 0.6) is 0 Å². The number of nitrogens with two attached hydrogens (primary N) is 2. The lowest BCUT2D eigenvalue weighted by atomic mass is 9.91. The van der Waals surface area contributed by atoms with Gasteiger partial charge in [0.15, 0.2) is 0 Å². The molecule has 0 aliphatic rings. The average Bonchev–Trinajstić information content (AvgIpc) is 2.39. The van der Waals surface area contributed by atoms with E-state index in [1.165, 1.54) is 16.7 Å². The zero-order valence-electron chi connectivity index (χ0n) is 10.8. The topological polar surface area (TPSA) is 52.0 Å². The van der Waals surface area contributed by atoms with Crippen molar-refractivity contribution in [3.8, 4) is 0 Å². The average molecular weight is 240 g/mol. The third-order valence-electron chi connectivity index (χ3n) is 3.35. The summed E-state index contributed by atoms with van der Waals surface area (Å²) in [6, 6.07) is 16.6. The van der Waals surface area contributed by atoms with Crippen molar-refractivity contribution in [2.75, 3.05) is 12.3 Å². The maximum Gasteiger partial charge on any atom is 0.0346 e. The van der Waals surface area contributed by atoms with E-state index in [0.29, 0.717) is 12.5 Å². The zero-order valence-corrected chi connectivity index (χ0v) is 10.8. The van der Waals surface area contributed by atoms with Crippen molar-refractivity contribution in [1.29, 1.82) is 0 Å². The summed E-state index contributed by atoms with van der Waals surface area (Å²) in [5, 5.41) is 0. The molecule has 0 saturated carbocycles. The van der Waals surface area contributed by atoms with Gasteiger partial charge >= 0.3 is 0 Å². The van der Waals surface area contributed by atoms with E-state index in [9.17, 15) is 0 Å². The summed E-state index contributed by atoms with van der Waals surface area (Å²) in [6.07, 6.45) is 0.895. The molecule has 0 radical (unpaired) electrons. The van der Waals surface area contributed by atoms with Crippen LogP contribution in [0.2, 0.25) is 0 Å². The van der Waals surface area contributed by atoms with Crippen LogP contribution < -0.4 is 11.5 Å². The summed E-state index contributed by atoms with van der Waals surface area (Å²) in [6.45, 7) is 2.73. The van der Waals surface area contributed by atoms with Gasteiger partial charge in [0.05, 0.1) is 0 Å². The zero-order chi connectivity index (χ0) is 13.0. The van der Waals surface area contributed by atoms with E-state index in [-0.39, 0.29) is 0 Å². The predicted molar refractivity (Wildman–Crippen MR) is 77.5 cm³/mol. The van der Waals surface area contributed by atoms with Crippen molar-refractivity contribution in [1.82, 2.24) is 0 Å². The second kappa shape index (κ2) is 5.69. The summed E-state index contributed by atoms with van der Waals surface area (Å²) >= 11 is 0. The highest BCUT2D eigenvalue weighted by Gasteiger charge is 2.11. The van der Waals surface area contributed by atoms with E-state index < -0.39 is 0 Å². The van der Waals surface area contributed by atoms with Crippen LogP contribution in [-0.4, -0.2) is 6.54 Å². The molecule has 0 amide bonds. The van der Waals surface area contributed by atoms with E-state index in [1.54, 1.807) is 0 Å². The van der Waals surface area contributed by atoms with E-state index in [0.717, 1.165) is 12.1 Å². The molecule has 0 heterocycles. The van der Waals surface area contributed by atoms with Crippen molar-refractivity contribution in [2.24, 2.45) is 5.73 Å². The van der Waals surface area contributed by atoms with Gasteiger partial charge in [-0.1, -0.05) is 48.0 Å².